The molecule has 0 unspecified atom stereocenters. The van der Waals surface area contributed by atoms with Gasteiger partial charge in [0, 0.05) is 10.3 Å². The van der Waals surface area contributed by atoms with Crippen molar-refractivity contribution in [3.8, 4) is 0 Å². The largest absolute Gasteiger partial charge is 0.452 e. The summed E-state index contributed by atoms with van der Waals surface area (Å²) < 4.78 is 5.04. The average Bonchev–Trinajstić information content (AvgIpc) is 3.22. The first-order chi connectivity index (χ1) is 11.1. The molecule has 0 saturated heterocycles. The van der Waals surface area contributed by atoms with Crippen LogP contribution in [0.3, 0.4) is 0 Å². The van der Waals surface area contributed by atoms with Crippen LogP contribution in [-0.4, -0.2) is 24.4 Å². The molecule has 23 heavy (non-hydrogen) atoms. The van der Waals surface area contributed by atoms with Gasteiger partial charge in [0.1, 0.15) is 0 Å². The molecule has 0 atom stereocenters. The molecule has 2 amide bonds. The van der Waals surface area contributed by atoms with E-state index in [9.17, 15) is 14.4 Å². The van der Waals surface area contributed by atoms with Crippen molar-refractivity contribution in [2.45, 2.75) is 25.7 Å². The zero-order valence-electron chi connectivity index (χ0n) is 12.3. The number of rotatable bonds is 4. The Hall–Kier alpha value is -1.99. The number of nitrogens with one attached hydrogen (secondary N) is 1. The highest BCUT2D eigenvalue weighted by atomic mass is 32.1. The monoisotopic (exact) mass is 349 g/mol. The van der Waals surface area contributed by atoms with E-state index in [-0.39, 0.29) is 0 Å². The average molecular weight is 349 g/mol. The van der Waals surface area contributed by atoms with E-state index >= 15 is 0 Å². The summed E-state index contributed by atoms with van der Waals surface area (Å²) in [6, 6.07) is 3.35. The molecule has 1 aliphatic carbocycles. The number of carbonyl (C=O) groups excluding carboxylic acids is 3. The van der Waals surface area contributed by atoms with E-state index in [0.29, 0.717) is 10.4 Å². The Labute approximate surface area is 141 Å². The Kier molecular flexibility index (Phi) is 4.88. The molecule has 2 aromatic rings. The second kappa shape index (κ2) is 7.06. The van der Waals surface area contributed by atoms with Crippen molar-refractivity contribution in [1.82, 2.24) is 5.32 Å². The summed E-state index contributed by atoms with van der Waals surface area (Å²) in [7, 11) is 0. The highest BCUT2D eigenvalue weighted by Crippen LogP contribution is 2.30. The molecule has 0 spiro atoms. The Balaban J connectivity index is 1.54. The molecule has 1 aliphatic rings. The van der Waals surface area contributed by atoms with E-state index < -0.39 is 24.4 Å². The van der Waals surface area contributed by atoms with E-state index in [1.54, 1.807) is 34.2 Å². The SMILES string of the molecule is O=C(COC(=O)c1csc2c1CCCC2)NC(=O)c1cccs1. The van der Waals surface area contributed by atoms with Gasteiger partial charge in [-0.3, -0.25) is 14.9 Å². The van der Waals surface area contributed by atoms with Crippen molar-refractivity contribution in [2.24, 2.45) is 0 Å². The first-order valence-electron chi connectivity index (χ1n) is 7.29. The number of hydrogen-bond acceptors (Lipinski definition) is 6. The lowest BCUT2D eigenvalue weighted by Gasteiger charge is -2.12. The third-order valence-electron chi connectivity index (χ3n) is 3.61. The van der Waals surface area contributed by atoms with Gasteiger partial charge in [-0.1, -0.05) is 6.07 Å². The quantitative estimate of drug-likeness (QED) is 0.862. The van der Waals surface area contributed by atoms with Crippen LogP contribution in [0, 0.1) is 0 Å². The zero-order valence-corrected chi connectivity index (χ0v) is 13.9. The van der Waals surface area contributed by atoms with Crippen LogP contribution in [0.5, 0.6) is 0 Å². The van der Waals surface area contributed by atoms with Gasteiger partial charge in [-0.2, -0.15) is 0 Å². The van der Waals surface area contributed by atoms with Crippen molar-refractivity contribution in [1.29, 1.82) is 0 Å². The third kappa shape index (κ3) is 3.68. The van der Waals surface area contributed by atoms with Crippen molar-refractivity contribution in [2.75, 3.05) is 6.61 Å². The number of hydrogen-bond donors (Lipinski definition) is 1. The van der Waals surface area contributed by atoms with E-state index in [2.05, 4.69) is 5.32 Å². The normalized spacial score (nSPS) is 13.2. The van der Waals surface area contributed by atoms with Gasteiger partial charge in [0.2, 0.25) is 0 Å². The van der Waals surface area contributed by atoms with Gasteiger partial charge in [0.05, 0.1) is 10.4 Å². The number of esters is 1. The fourth-order valence-electron chi connectivity index (χ4n) is 2.51. The maximum Gasteiger partial charge on any atom is 0.339 e. The van der Waals surface area contributed by atoms with Gasteiger partial charge in [0.25, 0.3) is 11.8 Å². The molecule has 2 heterocycles. The Morgan fingerprint density at radius 1 is 1.17 bits per heavy atom. The molecule has 0 aliphatic heterocycles. The van der Waals surface area contributed by atoms with Gasteiger partial charge >= 0.3 is 5.97 Å². The maximum atomic E-state index is 12.1. The van der Waals surface area contributed by atoms with E-state index in [1.165, 1.54) is 16.2 Å². The lowest BCUT2D eigenvalue weighted by atomic mass is 9.96. The molecule has 2 aromatic heterocycles. The van der Waals surface area contributed by atoms with Gasteiger partial charge < -0.3 is 4.74 Å². The van der Waals surface area contributed by atoms with Crippen LogP contribution >= 0.6 is 22.7 Å². The molecule has 120 valence electrons. The predicted molar refractivity (Wildman–Crippen MR) is 88.0 cm³/mol. The Morgan fingerprint density at radius 3 is 2.78 bits per heavy atom. The van der Waals surface area contributed by atoms with Crippen molar-refractivity contribution in [3.05, 3.63) is 43.8 Å². The van der Waals surface area contributed by atoms with E-state index in [1.807, 2.05) is 0 Å². The van der Waals surface area contributed by atoms with E-state index in [4.69, 9.17) is 4.74 Å². The van der Waals surface area contributed by atoms with Crippen LogP contribution in [0.25, 0.3) is 0 Å². The standard InChI is InChI=1S/C16H15NO4S2/c18-14(17-15(19)13-6-3-7-22-13)8-21-16(20)11-9-23-12-5-2-1-4-10(11)12/h3,6-7,9H,1-2,4-5,8H2,(H,17,18,19). The summed E-state index contributed by atoms with van der Waals surface area (Å²) in [5.41, 5.74) is 1.61. The number of imide groups is 1. The fourth-order valence-corrected chi connectivity index (χ4v) is 4.24. The van der Waals surface area contributed by atoms with Gasteiger partial charge in [-0.05, 0) is 42.7 Å². The number of ether oxygens (including phenoxy) is 1. The smallest absolute Gasteiger partial charge is 0.339 e. The molecule has 0 bridgehead atoms. The topological polar surface area (TPSA) is 72.5 Å². The molecule has 0 aromatic carbocycles. The third-order valence-corrected chi connectivity index (χ3v) is 5.57. The molecule has 0 saturated carbocycles. The number of amides is 2. The Bertz CT molecular complexity index is 733. The second-order valence-electron chi connectivity index (χ2n) is 5.19. The lowest BCUT2D eigenvalue weighted by Crippen LogP contribution is -2.33. The molecule has 5 nitrogen and oxygen atoms in total. The Morgan fingerprint density at radius 2 is 2.00 bits per heavy atom. The number of fused-ring (bicyclic) bond motifs is 1. The van der Waals surface area contributed by atoms with E-state index in [0.717, 1.165) is 31.2 Å². The van der Waals surface area contributed by atoms with Gasteiger partial charge in [-0.15, -0.1) is 22.7 Å². The van der Waals surface area contributed by atoms with Crippen LogP contribution in [0.2, 0.25) is 0 Å². The molecule has 7 heteroatoms. The summed E-state index contributed by atoms with van der Waals surface area (Å²) in [6.07, 6.45) is 4.10. The minimum Gasteiger partial charge on any atom is -0.452 e. The molecule has 1 N–H and O–H groups in total. The summed E-state index contributed by atoms with van der Waals surface area (Å²) in [6.45, 7) is -0.458. The minimum atomic E-state index is -0.624. The number of carbonyl (C=O) groups is 3. The summed E-state index contributed by atoms with van der Waals surface area (Å²) >= 11 is 2.81. The van der Waals surface area contributed by atoms with Crippen molar-refractivity contribution < 1.29 is 19.1 Å². The van der Waals surface area contributed by atoms with Crippen LogP contribution in [0.1, 0.15) is 43.3 Å². The predicted octanol–water partition coefficient (Wildman–Crippen LogP) is 2.80. The molecule has 0 fully saturated rings. The molecular formula is C16H15NO4S2. The molecule has 0 radical (unpaired) electrons. The first kappa shape index (κ1) is 15.9. The van der Waals surface area contributed by atoms with Crippen LogP contribution in [-0.2, 0) is 22.4 Å². The highest BCUT2D eigenvalue weighted by molar-refractivity contribution is 7.12. The number of thiophene rings is 2. The van der Waals surface area contributed by atoms with Crippen LogP contribution < -0.4 is 5.32 Å². The highest BCUT2D eigenvalue weighted by Gasteiger charge is 2.22. The fraction of sp³-hybridized carbons (Fsp3) is 0.312. The lowest BCUT2D eigenvalue weighted by molar-refractivity contribution is -0.123. The zero-order chi connectivity index (χ0) is 16.2. The molecule has 3 rings (SSSR count). The minimum absolute atomic E-state index is 0.441. The van der Waals surface area contributed by atoms with Gasteiger partial charge in [0.15, 0.2) is 6.61 Å². The van der Waals surface area contributed by atoms with Crippen molar-refractivity contribution in [3.63, 3.8) is 0 Å². The summed E-state index contributed by atoms with van der Waals surface area (Å²) in [4.78, 5) is 37.2. The first-order valence-corrected chi connectivity index (χ1v) is 9.05. The van der Waals surface area contributed by atoms with Gasteiger partial charge in [-0.25, -0.2) is 4.79 Å². The second-order valence-corrected chi connectivity index (χ2v) is 7.10. The summed E-state index contributed by atoms with van der Waals surface area (Å²) in [5, 5.41) is 5.75. The van der Waals surface area contributed by atoms with Crippen LogP contribution in [0.4, 0.5) is 0 Å². The maximum absolute atomic E-state index is 12.1. The van der Waals surface area contributed by atoms with Crippen molar-refractivity contribution >= 4 is 40.5 Å². The number of aryl methyl sites for hydroxylation is 1. The molecular weight excluding hydrogens is 334 g/mol. The summed E-state index contributed by atoms with van der Waals surface area (Å²) in [5.74, 6) is -1.60. The van der Waals surface area contributed by atoms with Crippen LogP contribution in [0.15, 0.2) is 22.9 Å².